The molecule has 4 rings (SSSR count). The van der Waals surface area contributed by atoms with Crippen molar-refractivity contribution in [3.8, 4) is 6.07 Å². The van der Waals surface area contributed by atoms with Gasteiger partial charge in [-0.05, 0) is 42.7 Å². The number of H-pyrrole nitrogens is 1. The first-order valence-electron chi connectivity index (χ1n) is 12.6. The number of aliphatic imine (C=N–C) groups is 1. The van der Waals surface area contributed by atoms with Crippen LogP contribution in [0.3, 0.4) is 0 Å². The van der Waals surface area contributed by atoms with Gasteiger partial charge >= 0.3 is 0 Å². The molecule has 0 amide bonds. The number of rotatable bonds is 6. The van der Waals surface area contributed by atoms with Crippen LogP contribution in [0.5, 0.6) is 0 Å². The van der Waals surface area contributed by atoms with Crippen molar-refractivity contribution in [3.05, 3.63) is 51.9 Å². The maximum atomic E-state index is 12.8. The highest BCUT2D eigenvalue weighted by molar-refractivity contribution is 7.83. The third-order valence-corrected chi connectivity index (χ3v) is 7.99. The predicted molar refractivity (Wildman–Crippen MR) is 148 cm³/mol. The van der Waals surface area contributed by atoms with E-state index in [9.17, 15) is 9.00 Å². The van der Waals surface area contributed by atoms with Crippen molar-refractivity contribution >= 4 is 28.2 Å². The van der Waals surface area contributed by atoms with Crippen LogP contribution in [0.15, 0.2) is 45.1 Å². The second kappa shape index (κ2) is 13.0. The topological polar surface area (TPSA) is 151 Å². The summed E-state index contributed by atoms with van der Waals surface area (Å²) in [5, 5.41) is 8.57. The van der Waals surface area contributed by atoms with Gasteiger partial charge in [-0.15, -0.1) is 0 Å². The number of amidine groups is 1. The maximum absolute atomic E-state index is 12.8. The van der Waals surface area contributed by atoms with Gasteiger partial charge in [-0.3, -0.25) is 4.79 Å². The number of fused-ring (bicyclic) bond motifs is 1. The Balaban J connectivity index is 0.000000356. The number of nitrogens with two attached hydrogens (primary N) is 2. The first-order valence-corrected chi connectivity index (χ1v) is 13.8. The van der Waals surface area contributed by atoms with Crippen molar-refractivity contribution in [1.82, 2.24) is 9.29 Å². The molecule has 10 heteroatoms. The zero-order valence-corrected chi connectivity index (χ0v) is 22.8. The Morgan fingerprint density at radius 1 is 1.27 bits per heavy atom. The van der Waals surface area contributed by atoms with E-state index in [0.717, 1.165) is 23.3 Å². The van der Waals surface area contributed by atoms with E-state index in [1.807, 2.05) is 10.4 Å². The largest absolute Gasteiger partial charge is 0.398 e. The molecule has 2 aliphatic rings. The molecule has 1 atom stereocenters. The lowest BCUT2D eigenvalue weighted by atomic mass is 9.95. The first-order chi connectivity index (χ1) is 17.6. The fraction of sp³-hybridized carbons (Fsp3) is 0.519. The van der Waals surface area contributed by atoms with Crippen molar-refractivity contribution in [2.24, 2.45) is 22.1 Å². The molecule has 1 aromatic heterocycles. The van der Waals surface area contributed by atoms with Crippen LogP contribution < -0.4 is 17.0 Å². The summed E-state index contributed by atoms with van der Waals surface area (Å²) in [5.41, 5.74) is 13.3. The third-order valence-electron chi connectivity index (χ3n) is 6.49. The van der Waals surface area contributed by atoms with Gasteiger partial charge in [0.15, 0.2) is 0 Å². The molecule has 1 aromatic carbocycles. The van der Waals surface area contributed by atoms with Crippen molar-refractivity contribution in [1.29, 1.82) is 5.26 Å². The number of aromatic amines is 1. The third kappa shape index (κ3) is 7.74. The molecule has 0 saturated heterocycles. The molecule has 2 aromatic rings. The molecule has 0 spiro atoms. The summed E-state index contributed by atoms with van der Waals surface area (Å²) in [6, 6.07) is 9.28. The van der Waals surface area contributed by atoms with Gasteiger partial charge in [-0.2, -0.15) is 5.26 Å². The van der Waals surface area contributed by atoms with Crippen molar-refractivity contribution < 1.29 is 8.95 Å². The molecule has 1 unspecified atom stereocenters. The van der Waals surface area contributed by atoms with E-state index < -0.39 is 16.5 Å². The number of hydrogen-bond acceptors (Lipinski definition) is 6. The Kier molecular flexibility index (Phi) is 10.0. The zero-order chi connectivity index (χ0) is 27.0. The molecule has 1 fully saturated rings. The lowest BCUT2D eigenvalue weighted by Crippen LogP contribution is -2.35. The monoisotopic (exact) mass is 526 g/mol. The Bertz CT molecular complexity index is 1230. The number of benzene rings is 1. The number of anilines is 1. The minimum atomic E-state index is -1.23. The smallest absolute Gasteiger partial charge is 0.261 e. The lowest BCUT2D eigenvalue weighted by molar-refractivity contribution is 0.0899. The summed E-state index contributed by atoms with van der Waals surface area (Å²) < 4.78 is 20.0. The first kappa shape index (κ1) is 28.6. The van der Waals surface area contributed by atoms with Crippen molar-refractivity contribution in [2.75, 3.05) is 26.0 Å². The number of pyridine rings is 1. The molecule has 5 N–H and O–H groups in total. The number of aromatic nitrogens is 1. The van der Waals surface area contributed by atoms with E-state index in [-0.39, 0.29) is 22.5 Å². The van der Waals surface area contributed by atoms with Crippen molar-refractivity contribution in [3.63, 3.8) is 0 Å². The quantitative estimate of drug-likeness (QED) is 0.294. The van der Waals surface area contributed by atoms with Gasteiger partial charge in [-0.25, -0.2) is 13.5 Å². The van der Waals surface area contributed by atoms with Crippen LogP contribution in [0.2, 0.25) is 0 Å². The summed E-state index contributed by atoms with van der Waals surface area (Å²) in [4.78, 5) is 19.6. The fourth-order valence-corrected chi connectivity index (χ4v) is 6.24. The predicted octanol–water partition coefficient (Wildman–Crippen LogP) is 3.99. The molecule has 0 radical (unpaired) electrons. The van der Waals surface area contributed by atoms with E-state index in [4.69, 9.17) is 21.5 Å². The number of nitriles is 1. The zero-order valence-electron chi connectivity index (χ0n) is 22.0. The van der Waals surface area contributed by atoms with E-state index in [0.29, 0.717) is 31.3 Å². The van der Waals surface area contributed by atoms with Gasteiger partial charge in [0.1, 0.15) is 22.4 Å². The van der Waals surface area contributed by atoms with Crippen LogP contribution in [0.1, 0.15) is 63.5 Å². The molecule has 2 heterocycles. The summed E-state index contributed by atoms with van der Waals surface area (Å²) >= 11 is 0. The van der Waals surface area contributed by atoms with Gasteiger partial charge in [-0.1, -0.05) is 39.5 Å². The standard InChI is InChI=1S/C19H25N5O3S.C8H13N/c1-19(2,11-27-3)10-24-9-12-8-13(4-5-15(12)28(24)26)23-17(21)16-14(20)6-7-22-18(16)25;9-7-8-5-3-1-2-4-6-8/h4-8H,9-11H2,1-3H3,(H2,21,23)(H3,20,22,25);8H,1-6H2. The van der Waals surface area contributed by atoms with Crippen LogP contribution in [0.4, 0.5) is 11.4 Å². The minimum absolute atomic E-state index is 0.0384. The summed E-state index contributed by atoms with van der Waals surface area (Å²) in [6.45, 7) is 5.92. The van der Waals surface area contributed by atoms with Gasteiger partial charge in [0.2, 0.25) is 0 Å². The number of nitrogen functional groups attached to an aromatic ring is 1. The van der Waals surface area contributed by atoms with E-state index >= 15 is 0 Å². The maximum Gasteiger partial charge on any atom is 0.261 e. The summed E-state index contributed by atoms with van der Waals surface area (Å²) in [7, 11) is 0.437. The number of hydrogen-bond donors (Lipinski definition) is 3. The molecule has 37 heavy (non-hydrogen) atoms. The van der Waals surface area contributed by atoms with Gasteiger partial charge in [0.05, 0.1) is 23.3 Å². The van der Waals surface area contributed by atoms with E-state index in [1.54, 1.807) is 25.3 Å². The molecule has 1 saturated carbocycles. The minimum Gasteiger partial charge on any atom is -0.398 e. The highest BCUT2D eigenvalue weighted by Crippen LogP contribution is 2.33. The fourth-order valence-electron chi connectivity index (χ4n) is 4.71. The second-order valence-electron chi connectivity index (χ2n) is 10.4. The van der Waals surface area contributed by atoms with Crippen LogP contribution >= 0.6 is 0 Å². The van der Waals surface area contributed by atoms with Gasteiger partial charge in [0, 0.05) is 43.4 Å². The molecule has 9 nitrogen and oxygen atoms in total. The molecule has 1 aliphatic carbocycles. The molecule has 0 bridgehead atoms. The van der Waals surface area contributed by atoms with Gasteiger partial charge in [0.25, 0.3) is 5.56 Å². The SMILES string of the molecule is COCC(C)(C)CN1Cc2cc(N=C(N)c3c(N)cc[nH]c3=O)ccc2S1=O.N#CC1CCCCCC1. The Morgan fingerprint density at radius 3 is 2.59 bits per heavy atom. The lowest BCUT2D eigenvalue weighted by Gasteiger charge is -2.28. The van der Waals surface area contributed by atoms with Crippen LogP contribution in [-0.4, -0.2) is 39.6 Å². The number of ether oxygens (including phenoxy) is 1. The van der Waals surface area contributed by atoms with E-state index in [1.165, 1.54) is 31.9 Å². The highest BCUT2D eigenvalue weighted by Gasteiger charge is 2.32. The molecule has 200 valence electrons. The number of methoxy groups -OCH3 is 1. The second-order valence-corrected chi connectivity index (χ2v) is 11.8. The highest BCUT2D eigenvalue weighted by atomic mass is 32.2. The van der Waals surface area contributed by atoms with Gasteiger partial charge < -0.3 is 21.2 Å². The van der Waals surface area contributed by atoms with E-state index in [2.05, 4.69) is 29.9 Å². The molecule has 1 aliphatic heterocycles. The van der Waals surface area contributed by atoms with Crippen LogP contribution in [0, 0.1) is 22.7 Å². The van der Waals surface area contributed by atoms with Crippen LogP contribution in [0.25, 0.3) is 0 Å². The number of nitrogens with zero attached hydrogens (tertiary/aromatic N) is 3. The Labute approximate surface area is 221 Å². The average molecular weight is 527 g/mol. The van der Waals surface area contributed by atoms with Crippen LogP contribution in [-0.2, 0) is 22.3 Å². The summed E-state index contributed by atoms with van der Waals surface area (Å²) in [6.07, 6.45) is 9.00. The molecular weight excluding hydrogens is 488 g/mol. The average Bonchev–Trinajstić information content (AvgIpc) is 3.01. The normalized spacial score (nSPS) is 18.9. The van der Waals surface area contributed by atoms with Crippen molar-refractivity contribution in [2.45, 2.75) is 63.8 Å². The Hall–Kier alpha value is -3.00. The summed E-state index contributed by atoms with van der Waals surface area (Å²) in [5.74, 6) is 0.420. The Morgan fingerprint density at radius 2 is 1.97 bits per heavy atom. The number of nitrogens with one attached hydrogen (secondary N) is 1. The molecular formula is C27H38N6O3S.